The number of carbonyl (C=O) groups excluding carboxylic acids is 1. The van der Waals surface area contributed by atoms with E-state index >= 15 is 0 Å². The molecule has 2 saturated heterocycles. The molecule has 5 heterocycles. The number of aromatic nitrogens is 5. The Hall–Kier alpha value is -4.07. The van der Waals surface area contributed by atoms with Crippen molar-refractivity contribution in [3.63, 3.8) is 0 Å². The maximum Gasteiger partial charge on any atom is 0.229 e. The van der Waals surface area contributed by atoms with E-state index < -0.39 is 11.6 Å². The number of amides is 1. The summed E-state index contributed by atoms with van der Waals surface area (Å²) >= 11 is 0. The first kappa shape index (κ1) is 34.8. The minimum atomic E-state index is -0.639. The van der Waals surface area contributed by atoms with Gasteiger partial charge in [0.15, 0.2) is 11.6 Å². The topological polar surface area (TPSA) is 113 Å². The van der Waals surface area contributed by atoms with E-state index in [0.717, 1.165) is 82.8 Å². The number of pyridine rings is 1. The van der Waals surface area contributed by atoms with Crippen LogP contribution in [-0.4, -0.2) is 100 Å². The van der Waals surface area contributed by atoms with Crippen molar-refractivity contribution in [2.24, 2.45) is 0 Å². The van der Waals surface area contributed by atoms with Gasteiger partial charge < -0.3 is 29.7 Å². The number of aryl methyl sites for hydroxylation is 3. The predicted octanol–water partition coefficient (Wildman–Crippen LogP) is 4.80. The van der Waals surface area contributed by atoms with Crippen LogP contribution in [0.1, 0.15) is 43.4 Å². The minimum absolute atomic E-state index is 0.00583. The molecule has 0 radical (unpaired) electrons. The highest BCUT2D eigenvalue weighted by Crippen LogP contribution is 2.30. The van der Waals surface area contributed by atoms with Crippen molar-refractivity contribution < 1.29 is 18.3 Å². The normalized spacial score (nSPS) is 15.5. The number of benzene rings is 1. The number of nitrogens with zero attached hydrogens (tertiary/aromatic N) is 7. The molecule has 11 nitrogen and oxygen atoms in total. The zero-order valence-electron chi connectivity index (χ0n) is 27.6. The number of imidazole rings is 1. The standard InChI is InChI=1S/C22H22F2N6.C7H14N2O.C4H9NO/c1-11(2)30-14(5)27-21-16(23)8-15(9-18(21)30)20-17(24)10-25-22(29-20)28-19-7-6-12(3)13(4)26-19;1-8-3-2-4-9(7-10)6-5-8;1-3-6-4-2-5-1/h6-11H,1-5H3,(H,25,26,28,29);7H,2-6H2,1H3;5H,1-4H2. The van der Waals surface area contributed by atoms with Gasteiger partial charge in [-0.15, -0.1) is 0 Å². The Kier molecular flexibility index (Phi) is 12.5. The summed E-state index contributed by atoms with van der Waals surface area (Å²) in [5.41, 5.74) is 3.11. The second-order valence-corrected chi connectivity index (χ2v) is 11.7. The summed E-state index contributed by atoms with van der Waals surface area (Å²) in [6, 6.07) is 6.76. The van der Waals surface area contributed by atoms with Crippen LogP contribution in [0.4, 0.5) is 20.5 Å². The van der Waals surface area contributed by atoms with Gasteiger partial charge in [-0.3, -0.25) is 4.79 Å². The molecule has 2 aliphatic rings. The lowest BCUT2D eigenvalue weighted by Crippen LogP contribution is -2.30. The monoisotopic (exact) mass is 637 g/mol. The number of likely N-dealkylation sites (N-methyl/N-ethyl adjacent to an activating group) is 1. The molecule has 1 amide bonds. The van der Waals surface area contributed by atoms with Gasteiger partial charge in [-0.25, -0.2) is 28.7 Å². The van der Waals surface area contributed by atoms with E-state index in [0.29, 0.717) is 22.7 Å². The highest BCUT2D eigenvalue weighted by molar-refractivity contribution is 5.83. The molecule has 2 fully saturated rings. The number of ether oxygens (including phenoxy) is 1. The van der Waals surface area contributed by atoms with E-state index in [1.807, 2.05) is 50.2 Å². The highest BCUT2D eigenvalue weighted by Gasteiger charge is 2.18. The Labute approximate surface area is 269 Å². The van der Waals surface area contributed by atoms with Crippen molar-refractivity contribution in [3.05, 3.63) is 59.2 Å². The quantitative estimate of drug-likeness (QED) is 0.298. The molecular weight excluding hydrogens is 592 g/mol. The Balaban J connectivity index is 0.000000244. The third kappa shape index (κ3) is 9.24. The van der Waals surface area contributed by atoms with Crippen molar-refractivity contribution in [1.82, 2.24) is 39.6 Å². The van der Waals surface area contributed by atoms with E-state index in [9.17, 15) is 13.6 Å². The molecular formula is C33H45F2N9O2. The maximum atomic E-state index is 14.8. The average molecular weight is 638 g/mol. The molecule has 13 heteroatoms. The van der Waals surface area contributed by atoms with Crippen LogP contribution in [0.15, 0.2) is 30.5 Å². The average Bonchev–Trinajstić information content (AvgIpc) is 3.24. The van der Waals surface area contributed by atoms with Crippen molar-refractivity contribution in [2.75, 3.05) is 64.8 Å². The number of halogens is 2. The van der Waals surface area contributed by atoms with Crippen LogP contribution in [0.3, 0.4) is 0 Å². The van der Waals surface area contributed by atoms with Gasteiger partial charge in [0, 0.05) is 50.0 Å². The third-order valence-electron chi connectivity index (χ3n) is 7.80. The summed E-state index contributed by atoms with van der Waals surface area (Å²) in [5, 5.41) is 6.14. The summed E-state index contributed by atoms with van der Waals surface area (Å²) < 4.78 is 36.3. The molecule has 248 valence electrons. The minimum Gasteiger partial charge on any atom is -0.379 e. The number of hydrogen-bond donors (Lipinski definition) is 2. The Bertz CT molecular complexity index is 1600. The number of carbonyl (C=O) groups is 1. The van der Waals surface area contributed by atoms with Gasteiger partial charge in [0.2, 0.25) is 12.4 Å². The smallest absolute Gasteiger partial charge is 0.229 e. The second-order valence-electron chi connectivity index (χ2n) is 11.7. The SMILES string of the molecule is C1COCCN1.CN1CCCN(C=O)CC1.Cc1ccc(Nc2ncc(F)c(-c3cc(F)c4nc(C)n(C(C)C)c4c3)n2)nc1C. The first-order valence-electron chi connectivity index (χ1n) is 15.7. The highest BCUT2D eigenvalue weighted by atomic mass is 19.1. The summed E-state index contributed by atoms with van der Waals surface area (Å²) in [6.45, 7) is 17.4. The zero-order valence-corrected chi connectivity index (χ0v) is 27.6. The van der Waals surface area contributed by atoms with Gasteiger partial charge in [-0.1, -0.05) is 6.07 Å². The third-order valence-corrected chi connectivity index (χ3v) is 7.80. The second kappa shape index (κ2) is 16.5. The number of fused-ring (bicyclic) bond motifs is 1. The van der Waals surface area contributed by atoms with Gasteiger partial charge in [-0.05, 0) is 78.4 Å². The Morgan fingerprint density at radius 2 is 1.74 bits per heavy atom. The van der Waals surface area contributed by atoms with Crippen molar-refractivity contribution >= 4 is 29.2 Å². The number of nitrogens with one attached hydrogen (secondary N) is 2. The maximum absolute atomic E-state index is 14.8. The number of hydrogen-bond acceptors (Lipinski definition) is 9. The molecule has 0 aliphatic carbocycles. The van der Waals surface area contributed by atoms with Crippen molar-refractivity contribution in [1.29, 1.82) is 0 Å². The van der Waals surface area contributed by atoms with Crippen LogP contribution in [0.25, 0.3) is 22.3 Å². The fourth-order valence-electron chi connectivity index (χ4n) is 5.19. The van der Waals surface area contributed by atoms with Crippen LogP contribution in [0.2, 0.25) is 0 Å². The number of morpholine rings is 1. The summed E-state index contributed by atoms with van der Waals surface area (Å²) in [7, 11) is 2.09. The molecule has 0 spiro atoms. The Morgan fingerprint density at radius 1 is 0.978 bits per heavy atom. The van der Waals surface area contributed by atoms with Crippen LogP contribution in [0.5, 0.6) is 0 Å². The zero-order chi connectivity index (χ0) is 33.2. The van der Waals surface area contributed by atoms with E-state index in [2.05, 4.69) is 42.5 Å². The van der Waals surface area contributed by atoms with Crippen molar-refractivity contribution in [3.8, 4) is 11.3 Å². The molecule has 2 aliphatic heterocycles. The van der Waals surface area contributed by atoms with Gasteiger partial charge in [0.05, 0.1) is 24.9 Å². The fraction of sp³-hybridized carbons (Fsp3) is 0.485. The lowest BCUT2D eigenvalue weighted by molar-refractivity contribution is -0.118. The van der Waals surface area contributed by atoms with E-state index in [1.54, 1.807) is 12.1 Å². The summed E-state index contributed by atoms with van der Waals surface area (Å²) in [5.74, 6) is 0.261. The van der Waals surface area contributed by atoms with E-state index in [4.69, 9.17) is 4.74 Å². The van der Waals surface area contributed by atoms with Gasteiger partial charge >= 0.3 is 0 Å². The first-order valence-corrected chi connectivity index (χ1v) is 15.7. The van der Waals surface area contributed by atoms with E-state index in [-0.39, 0.29) is 23.2 Å². The van der Waals surface area contributed by atoms with Crippen LogP contribution < -0.4 is 10.6 Å². The molecule has 2 N–H and O–H groups in total. The number of rotatable bonds is 5. The van der Waals surface area contributed by atoms with Crippen LogP contribution in [0, 0.1) is 32.4 Å². The van der Waals surface area contributed by atoms with Crippen LogP contribution >= 0.6 is 0 Å². The first-order chi connectivity index (χ1) is 22.1. The molecule has 0 atom stereocenters. The fourth-order valence-corrected chi connectivity index (χ4v) is 5.19. The van der Waals surface area contributed by atoms with Crippen molar-refractivity contribution in [2.45, 2.75) is 47.1 Å². The van der Waals surface area contributed by atoms with Gasteiger partial charge in [0.25, 0.3) is 0 Å². The molecule has 0 saturated carbocycles. The molecule has 0 bridgehead atoms. The molecule has 6 rings (SSSR count). The Morgan fingerprint density at radius 3 is 2.37 bits per heavy atom. The lowest BCUT2D eigenvalue weighted by Gasteiger charge is -2.13. The molecule has 46 heavy (non-hydrogen) atoms. The molecule has 0 unspecified atom stereocenters. The van der Waals surface area contributed by atoms with E-state index in [1.165, 1.54) is 6.07 Å². The summed E-state index contributed by atoms with van der Waals surface area (Å²) in [6.07, 6.45) is 3.12. The van der Waals surface area contributed by atoms with Gasteiger partial charge in [0.1, 0.15) is 22.9 Å². The molecule has 4 aromatic rings. The summed E-state index contributed by atoms with van der Waals surface area (Å²) in [4.78, 5) is 31.4. The molecule has 3 aromatic heterocycles. The largest absolute Gasteiger partial charge is 0.379 e. The van der Waals surface area contributed by atoms with Crippen LogP contribution in [-0.2, 0) is 9.53 Å². The molecule has 1 aromatic carbocycles. The predicted molar refractivity (Wildman–Crippen MR) is 176 cm³/mol. The van der Waals surface area contributed by atoms with Gasteiger partial charge in [-0.2, -0.15) is 0 Å². The lowest BCUT2D eigenvalue weighted by atomic mass is 10.1. The number of anilines is 2.